The van der Waals surface area contributed by atoms with Crippen molar-refractivity contribution < 1.29 is 26.0 Å². The van der Waals surface area contributed by atoms with Crippen LogP contribution in [0.15, 0.2) is 5.16 Å². The van der Waals surface area contributed by atoms with Crippen molar-refractivity contribution in [3.8, 4) is 0 Å². The van der Waals surface area contributed by atoms with E-state index >= 15 is 0 Å². The van der Waals surface area contributed by atoms with E-state index in [1.165, 1.54) is 5.10 Å². The molecular weight excluding hydrogens is 266 g/mol. The second kappa shape index (κ2) is 3.59. The molecule has 0 aromatic carbocycles. The summed E-state index contributed by atoms with van der Waals surface area (Å²) in [4.78, 5) is 2.66. The van der Waals surface area contributed by atoms with Gasteiger partial charge in [0, 0.05) is 10.7 Å². The maximum atomic E-state index is 12.6. The molecule has 11 heteroatoms. The summed E-state index contributed by atoms with van der Waals surface area (Å²) in [7, 11) is 0.269. The number of aromatic amines is 1. The first-order valence-electron chi connectivity index (χ1n) is 3.19. The number of hydrogen-bond donors (Lipinski definition) is 1. The number of nitrogens with zero attached hydrogens (tertiary/aromatic N) is 2. The van der Waals surface area contributed by atoms with Gasteiger partial charge >= 0.3 is 12.3 Å². The zero-order chi connectivity index (χ0) is 11.9. The van der Waals surface area contributed by atoms with Gasteiger partial charge in [-0.25, -0.2) is 17.2 Å². The van der Waals surface area contributed by atoms with E-state index in [9.17, 15) is 26.0 Å². The molecule has 0 atom stereocenters. The maximum absolute atomic E-state index is 12.6. The van der Waals surface area contributed by atoms with Gasteiger partial charge < -0.3 is 0 Å². The monoisotopic (exact) mass is 267 g/mol. The molecule has 0 spiro atoms. The molecule has 15 heavy (non-hydrogen) atoms. The minimum absolute atomic E-state index is 1.18. The van der Waals surface area contributed by atoms with Gasteiger partial charge in [0.15, 0.2) is 0 Å². The van der Waals surface area contributed by atoms with Gasteiger partial charge in [-0.15, -0.1) is 5.10 Å². The second-order valence-corrected chi connectivity index (χ2v) is 4.79. The fourth-order valence-corrected chi connectivity index (χ4v) is 1.17. The van der Waals surface area contributed by atoms with Crippen molar-refractivity contribution in [2.45, 2.75) is 17.5 Å². The van der Waals surface area contributed by atoms with Gasteiger partial charge in [-0.2, -0.15) is 13.8 Å². The van der Waals surface area contributed by atoms with E-state index in [0.29, 0.717) is 0 Å². The number of halogens is 5. The highest BCUT2D eigenvalue weighted by molar-refractivity contribution is 8.13. The Morgan fingerprint density at radius 1 is 1.40 bits per heavy atom. The van der Waals surface area contributed by atoms with Gasteiger partial charge in [-0.3, -0.25) is 5.10 Å². The van der Waals surface area contributed by atoms with E-state index in [-0.39, 0.29) is 0 Å². The summed E-state index contributed by atoms with van der Waals surface area (Å²) in [5.41, 5.74) is 0. The number of hydrogen-bond acceptors (Lipinski definition) is 4. The normalized spacial score (nSPS) is 13.5. The highest BCUT2D eigenvalue weighted by atomic mass is 35.7. The zero-order valence-corrected chi connectivity index (χ0v) is 8.16. The van der Waals surface area contributed by atoms with Crippen LogP contribution in [0.3, 0.4) is 0 Å². The molecular formula is C4H2ClF4N3O2S. The number of alkyl halides is 4. The van der Waals surface area contributed by atoms with Crippen LogP contribution in [-0.4, -0.2) is 30.0 Å². The molecule has 86 valence electrons. The summed E-state index contributed by atoms with van der Waals surface area (Å²) >= 11 is 0. The third kappa shape index (κ3) is 2.37. The van der Waals surface area contributed by atoms with Gasteiger partial charge in [0.05, 0.1) is 0 Å². The van der Waals surface area contributed by atoms with Crippen molar-refractivity contribution in [1.29, 1.82) is 0 Å². The van der Waals surface area contributed by atoms with Crippen LogP contribution in [0, 0.1) is 0 Å². The summed E-state index contributed by atoms with van der Waals surface area (Å²) in [6.45, 7) is 0. The van der Waals surface area contributed by atoms with Crippen molar-refractivity contribution in [2.24, 2.45) is 0 Å². The molecule has 1 N–H and O–H groups in total. The van der Waals surface area contributed by atoms with Crippen molar-refractivity contribution in [2.75, 3.05) is 0 Å². The lowest BCUT2D eigenvalue weighted by atomic mass is 10.3. The lowest BCUT2D eigenvalue weighted by molar-refractivity contribution is -0.140. The lowest BCUT2D eigenvalue weighted by Gasteiger charge is -2.10. The van der Waals surface area contributed by atoms with Gasteiger partial charge in [0.25, 0.3) is 14.2 Å². The van der Waals surface area contributed by atoms with E-state index in [4.69, 9.17) is 10.7 Å². The molecule has 1 heterocycles. The summed E-state index contributed by atoms with van der Waals surface area (Å²) in [5.74, 6) is -6.16. The smallest absolute Gasteiger partial charge is 0.257 e. The Morgan fingerprint density at radius 3 is 2.27 bits per heavy atom. The standard InChI is InChI=1S/C4H2ClF4N3O2S/c5-15(13,14)3-10-2(11-12-3)4(8,9)1(6)7/h1H,(H,10,11,12). The fourth-order valence-electron chi connectivity index (χ4n) is 0.608. The fraction of sp³-hybridized carbons (Fsp3) is 0.500. The Morgan fingerprint density at radius 2 is 1.93 bits per heavy atom. The maximum Gasteiger partial charge on any atom is 0.365 e. The van der Waals surface area contributed by atoms with Crippen LogP contribution in [0.1, 0.15) is 5.82 Å². The second-order valence-electron chi connectivity index (χ2n) is 2.33. The van der Waals surface area contributed by atoms with Crippen LogP contribution in [0.2, 0.25) is 0 Å². The van der Waals surface area contributed by atoms with E-state index in [0.717, 1.165) is 0 Å². The van der Waals surface area contributed by atoms with Crippen molar-refractivity contribution >= 4 is 19.7 Å². The quantitative estimate of drug-likeness (QED) is 0.657. The Kier molecular flexibility index (Phi) is 2.92. The van der Waals surface area contributed by atoms with Gasteiger partial charge in [-0.05, 0) is 0 Å². The minimum Gasteiger partial charge on any atom is -0.257 e. The average Bonchev–Trinajstić information content (AvgIpc) is 2.50. The van der Waals surface area contributed by atoms with Gasteiger partial charge in [-0.1, -0.05) is 0 Å². The van der Waals surface area contributed by atoms with Crippen LogP contribution < -0.4 is 0 Å². The largest absolute Gasteiger partial charge is 0.365 e. The van der Waals surface area contributed by atoms with Crippen molar-refractivity contribution in [3.05, 3.63) is 5.82 Å². The summed E-state index contributed by atoms with van der Waals surface area (Å²) in [6, 6.07) is 0. The molecule has 0 saturated carbocycles. The first kappa shape index (κ1) is 12.2. The molecule has 0 bridgehead atoms. The van der Waals surface area contributed by atoms with E-state index < -0.39 is 32.4 Å². The Balaban J connectivity index is 3.16. The number of rotatable bonds is 3. The highest BCUT2D eigenvalue weighted by Crippen LogP contribution is 2.32. The third-order valence-corrected chi connectivity index (χ3v) is 2.31. The molecule has 5 nitrogen and oxygen atoms in total. The highest BCUT2D eigenvalue weighted by Gasteiger charge is 2.46. The molecule has 0 aliphatic carbocycles. The zero-order valence-electron chi connectivity index (χ0n) is 6.59. The van der Waals surface area contributed by atoms with Crippen LogP contribution in [0.4, 0.5) is 17.6 Å². The SMILES string of the molecule is O=S(=O)(Cl)c1n[nH]c(C(F)(F)C(F)F)n1. The molecule has 0 aliphatic rings. The molecule has 0 amide bonds. The predicted octanol–water partition coefficient (Wildman–Crippen LogP) is 1.09. The minimum atomic E-state index is -4.60. The van der Waals surface area contributed by atoms with Crippen LogP contribution in [0.25, 0.3) is 0 Å². The predicted molar refractivity (Wildman–Crippen MR) is 39.3 cm³/mol. The van der Waals surface area contributed by atoms with Crippen molar-refractivity contribution in [3.63, 3.8) is 0 Å². The molecule has 0 aliphatic heterocycles. The Labute approximate surface area is 84.9 Å². The molecule has 0 unspecified atom stereocenters. The molecule has 1 rings (SSSR count). The first-order valence-corrected chi connectivity index (χ1v) is 5.50. The topological polar surface area (TPSA) is 75.7 Å². The lowest BCUT2D eigenvalue weighted by Crippen LogP contribution is -2.25. The van der Waals surface area contributed by atoms with Crippen LogP contribution in [0.5, 0.6) is 0 Å². The summed E-state index contributed by atoms with van der Waals surface area (Å²) in [6.07, 6.45) is -4.03. The molecule has 0 fully saturated rings. The van der Waals surface area contributed by atoms with Crippen LogP contribution >= 0.6 is 10.7 Å². The summed E-state index contributed by atoms with van der Waals surface area (Å²) in [5, 5.41) is 2.96. The number of H-pyrrole nitrogens is 1. The van der Waals surface area contributed by atoms with E-state index in [1.54, 1.807) is 0 Å². The van der Waals surface area contributed by atoms with Gasteiger partial charge in [0.2, 0.25) is 5.82 Å². The summed E-state index contributed by atoms with van der Waals surface area (Å²) < 4.78 is 69.7. The van der Waals surface area contributed by atoms with Crippen molar-refractivity contribution in [1.82, 2.24) is 15.2 Å². The Bertz CT molecular complexity index is 458. The molecule has 1 aromatic heterocycles. The van der Waals surface area contributed by atoms with E-state index in [2.05, 4.69) is 10.1 Å². The first-order chi connectivity index (χ1) is 6.65. The average molecular weight is 268 g/mol. The third-order valence-electron chi connectivity index (χ3n) is 1.27. The van der Waals surface area contributed by atoms with Gasteiger partial charge in [0.1, 0.15) is 0 Å². The molecule has 1 aromatic rings. The van der Waals surface area contributed by atoms with Crippen LogP contribution in [-0.2, 0) is 15.0 Å². The number of nitrogens with one attached hydrogen (secondary N) is 1. The van der Waals surface area contributed by atoms with E-state index in [1.807, 2.05) is 0 Å². The molecule has 0 radical (unpaired) electrons. The Hall–Kier alpha value is -0.900. The molecule has 0 saturated heterocycles. The number of aromatic nitrogens is 3.